The molecule has 5 heteroatoms. The highest BCUT2D eigenvalue weighted by atomic mass is 79.9. The van der Waals surface area contributed by atoms with E-state index in [9.17, 15) is 9.18 Å². The molecule has 2 aromatic rings. The summed E-state index contributed by atoms with van der Waals surface area (Å²) >= 11 is 3.41. The second-order valence-corrected chi connectivity index (χ2v) is 8.05. The Balaban J connectivity index is 1.61. The zero-order valence-corrected chi connectivity index (χ0v) is 17.2. The van der Waals surface area contributed by atoms with Crippen LogP contribution in [-0.2, 0) is 11.3 Å². The largest absolute Gasteiger partial charge is 0.334 e. The Morgan fingerprint density at radius 2 is 1.74 bits per heavy atom. The first kappa shape index (κ1) is 19.8. The van der Waals surface area contributed by atoms with Crippen LogP contribution in [0.25, 0.3) is 6.08 Å². The second-order valence-electron chi connectivity index (χ2n) is 7.13. The third-order valence-electron chi connectivity index (χ3n) is 4.99. The fourth-order valence-corrected chi connectivity index (χ4v) is 3.65. The third-order valence-corrected chi connectivity index (χ3v) is 5.51. The number of piperazine rings is 1. The van der Waals surface area contributed by atoms with Crippen LogP contribution in [0.3, 0.4) is 0 Å². The first-order chi connectivity index (χ1) is 12.9. The number of amides is 1. The van der Waals surface area contributed by atoms with Crippen LogP contribution in [0.5, 0.6) is 0 Å². The molecule has 1 fully saturated rings. The Hall–Kier alpha value is -1.98. The minimum Gasteiger partial charge on any atom is -0.334 e. The Morgan fingerprint density at radius 1 is 1.07 bits per heavy atom. The van der Waals surface area contributed by atoms with Crippen molar-refractivity contribution >= 4 is 27.9 Å². The topological polar surface area (TPSA) is 23.6 Å². The summed E-state index contributed by atoms with van der Waals surface area (Å²) in [4.78, 5) is 16.9. The minimum atomic E-state index is -0.215. The van der Waals surface area contributed by atoms with E-state index in [2.05, 4.69) is 34.7 Å². The van der Waals surface area contributed by atoms with Crippen LogP contribution in [0.1, 0.15) is 25.0 Å². The molecule has 0 unspecified atom stereocenters. The maximum atomic E-state index is 13.1. The van der Waals surface area contributed by atoms with E-state index >= 15 is 0 Å². The molecule has 1 saturated heterocycles. The van der Waals surface area contributed by atoms with Gasteiger partial charge in [0.15, 0.2) is 0 Å². The van der Waals surface area contributed by atoms with E-state index < -0.39 is 0 Å². The molecule has 142 valence electrons. The van der Waals surface area contributed by atoms with Crippen LogP contribution in [0.15, 0.2) is 59.1 Å². The number of hydrogen-bond donors (Lipinski definition) is 0. The molecule has 0 bridgehead atoms. The monoisotopic (exact) mass is 430 g/mol. The van der Waals surface area contributed by atoms with Crippen molar-refractivity contribution in [2.45, 2.75) is 32.5 Å². The van der Waals surface area contributed by atoms with Crippen molar-refractivity contribution in [1.82, 2.24) is 9.80 Å². The van der Waals surface area contributed by atoms with Crippen molar-refractivity contribution in [1.29, 1.82) is 0 Å². The van der Waals surface area contributed by atoms with Crippen LogP contribution < -0.4 is 0 Å². The van der Waals surface area contributed by atoms with Crippen molar-refractivity contribution in [2.24, 2.45) is 0 Å². The lowest BCUT2D eigenvalue weighted by molar-refractivity contribution is -0.131. The summed E-state index contributed by atoms with van der Waals surface area (Å²) in [5.74, 6) is -0.174. The van der Waals surface area contributed by atoms with E-state index in [4.69, 9.17) is 0 Å². The summed E-state index contributed by atoms with van der Waals surface area (Å²) in [7, 11) is 0. The lowest BCUT2D eigenvalue weighted by atomic mass is 10.1. The van der Waals surface area contributed by atoms with Gasteiger partial charge in [0.25, 0.3) is 0 Å². The summed E-state index contributed by atoms with van der Waals surface area (Å²) in [5, 5.41) is 0. The Morgan fingerprint density at radius 3 is 2.41 bits per heavy atom. The molecule has 0 radical (unpaired) electrons. The van der Waals surface area contributed by atoms with Gasteiger partial charge in [-0.25, -0.2) is 4.39 Å². The number of carbonyl (C=O) groups is 1. The van der Waals surface area contributed by atoms with Gasteiger partial charge in [0.1, 0.15) is 5.82 Å². The van der Waals surface area contributed by atoms with E-state index in [1.807, 2.05) is 47.4 Å². The summed E-state index contributed by atoms with van der Waals surface area (Å²) in [6.45, 7) is 6.47. The smallest absolute Gasteiger partial charge is 0.246 e. The molecule has 1 aliphatic rings. The quantitative estimate of drug-likeness (QED) is 0.654. The molecule has 1 aliphatic heterocycles. The molecule has 27 heavy (non-hydrogen) atoms. The molecule has 0 N–H and O–H groups in total. The van der Waals surface area contributed by atoms with Crippen molar-refractivity contribution in [3.63, 3.8) is 0 Å². The summed E-state index contributed by atoms with van der Waals surface area (Å²) in [5.41, 5.74) is 2.09. The highest BCUT2D eigenvalue weighted by Gasteiger charge is 2.30. The summed E-state index contributed by atoms with van der Waals surface area (Å²) in [6, 6.07) is 14.9. The zero-order valence-electron chi connectivity index (χ0n) is 15.6. The van der Waals surface area contributed by atoms with Crippen LogP contribution in [0.4, 0.5) is 4.39 Å². The maximum Gasteiger partial charge on any atom is 0.246 e. The van der Waals surface area contributed by atoms with Gasteiger partial charge >= 0.3 is 0 Å². The van der Waals surface area contributed by atoms with Crippen molar-refractivity contribution < 1.29 is 9.18 Å². The number of nitrogens with zero attached hydrogens (tertiary/aromatic N) is 2. The fraction of sp³-hybridized carbons (Fsp3) is 0.318. The van der Waals surface area contributed by atoms with E-state index in [0.717, 1.165) is 28.7 Å². The van der Waals surface area contributed by atoms with Crippen LogP contribution >= 0.6 is 15.9 Å². The highest BCUT2D eigenvalue weighted by molar-refractivity contribution is 9.10. The van der Waals surface area contributed by atoms with Crippen molar-refractivity contribution in [3.8, 4) is 0 Å². The van der Waals surface area contributed by atoms with Crippen LogP contribution in [-0.4, -0.2) is 40.9 Å². The number of hydrogen-bond acceptors (Lipinski definition) is 2. The number of rotatable bonds is 4. The molecule has 2 aromatic carbocycles. The Labute approximate surface area is 168 Å². The van der Waals surface area contributed by atoms with Gasteiger partial charge in [-0.05, 0) is 55.3 Å². The lowest BCUT2D eigenvalue weighted by Crippen LogP contribution is -2.57. The predicted molar refractivity (Wildman–Crippen MR) is 111 cm³/mol. The molecule has 0 saturated carbocycles. The van der Waals surface area contributed by atoms with Gasteiger partial charge in [-0.2, -0.15) is 0 Å². The van der Waals surface area contributed by atoms with Gasteiger partial charge in [-0.3, -0.25) is 9.69 Å². The standard InChI is InChI=1S/C22H24BrFN2O/c1-16-14-26(22(27)12-7-18-3-8-20(23)9-4-18)17(2)13-25(16)15-19-5-10-21(24)11-6-19/h3-12,16-17H,13-15H2,1-2H3/t16-,17+/m0/s1. The van der Waals surface area contributed by atoms with Crippen molar-refractivity contribution in [3.05, 3.63) is 76.0 Å². The number of carbonyl (C=O) groups excluding carboxylic acids is 1. The zero-order chi connectivity index (χ0) is 19.4. The molecular weight excluding hydrogens is 407 g/mol. The predicted octanol–water partition coefficient (Wildman–Crippen LogP) is 4.72. The van der Waals surface area contributed by atoms with Gasteiger partial charge < -0.3 is 4.90 Å². The minimum absolute atomic E-state index is 0.0405. The lowest BCUT2D eigenvalue weighted by Gasteiger charge is -2.44. The average Bonchev–Trinajstić information content (AvgIpc) is 2.65. The Bertz CT molecular complexity index is 804. The van der Waals surface area contributed by atoms with Gasteiger partial charge in [-0.15, -0.1) is 0 Å². The van der Waals surface area contributed by atoms with Crippen LogP contribution in [0.2, 0.25) is 0 Å². The van der Waals surface area contributed by atoms with E-state index in [0.29, 0.717) is 6.54 Å². The SMILES string of the molecule is C[C@@H]1CN(Cc2ccc(F)cc2)[C@@H](C)CN1C(=O)C=Cc1ccc(Br)cc1. The van der Waals surface area contributed by atoms with E-state index in [1.165, 1.54) is 12.1 Å². The van der Waals surface area contributed by atoms with Crippen LogP contribution in [0, 0.1) is 5.82 Å². The van der Waals surface area contributed by atoms with Gasteiger partial charge in [0.2, 0.25) is 5.91 Å². The number of halogens is 2. The molecule has 0 aromatic heterocycles. The molecule has 1 amide bonds. The molecule has 1 heterocycles. The van der Waals surface area contributed by atoms with Gasteiger partial charge in [-0.1, -0.05) is 40.2 Å². The summed E-state index contributed by atoms with van der Waals surface area (Å²) in [6.07, 6.45) is 3.51. The molecule has 0 spiro atoms. The molecule has 3 rings (SSSR count). The molecular formula is C22H24BrFN2O. The van der Waals surface area contributed by atoms with Gasteiger partial charge in [0.05, 0.1) is 0 Å². The molecule has 0 aliphatic carbocycles. The second kappa shape index (κ2) is 8.81. The fourth-order valence-electron chi connectivity index (χ4n) is 3.39. The summed E-state index contributed by atoms with van der Waals surface area (Å²) < 4.78 is 14.1. The average molecular weight is 431 g/mol. The number of benzene rings is 2. The Kier molecular flexibility index (Phi) is 6.45. The maximum absolute atomic E-state index is 13.1. The third kappa shape index (κ3) is 5.27. The van der Waals surface area contributed by atoms with E-state index in [-0.39, 0.29) is 23.8 Å². The molecule has 3 nitrogen and oxygen atoms in total. The highest BCUT2D eigenvalue weighted by Crippen LogP contribution is 2.19. The normalized spacial score (nSPS) is 21.0. The van der Waals surface area contributed by atoms with Gasteiger partial charge in [0, 0.05) is 42.3 Å². The molecule has 2 atom stereocenters. The van der Waals surface area contributed by atoms with Crippen molar-refractivity contribution in [2.75, 3.05) is 13.1 Å². The first-order valence-corrected chi connectivity index (χ1v) is 9.94. The van der Waals surface area contributed by atoms with E-state index in [1.54, 1.807) is 6.08 Å². The first-order valence-electron chi connectivity index (χ1n) is 9.15.